The van der Waals surface area contributed by atoms with Gasteiger partial charge in [0.1, 0.15) is 0 Å². The monoisotopic (exact) mass is 189 g/mol. The Bertz CT molecular complexity index is 300. The van der Waals surface area contributed by atoms with Crippen molar-refractivity contribution < 1.29 is 13.2 Å². The fourth-order valence-corrected chi connectivity index (χ4v) is 1.83. The third-order valence-electron chi connectivity index (χ3n) is 2.60. The first-order valence-electron chi connectivity index (χ1n) is 4.29. The fourth-order valence-electron chi connectivity index (χ4n) is 1.83. The fraction of sp³-hybridized carbons (Fsp3) is 0.556. The van der Waals surface area contributed by atoms with Crippen molar-refractivity contribution in [2.45, 2.75) is 25.4 Å². The summed E-state index contributed by atoms with van der Waals surface area (Å²) in [5.74, 6) is -1.14. The maximum Gasteiger partial charge on any atom is 0.392 e. The quantitative estimate of drug-likeness (QED) is 0.645. The third kappa shape index (κ3) is 1.57. The number of hydrogen-bond donors (Lipinski definition) is 1. The molecule has 1 unspecified atom stereocenters. The van der Waals surface area contributed by atoms with Crippen molar-refractivity contribution >= 4 is 0 Å². The van der Waals surface area contributed by atoms with Gasteiger partial charge in [0, 0.05) is 11.9 Å². The Labute approximate surface area is 74.0 Å². The maximum absolute atomic E-state index is 12.3. The van der Waals surface area contributed by atoms with Crippen LogP contribution < -0.4 is 0 Å². The van der Waals surface area contributed by atoms with E-state index in [4.69, 9.17) is 0 Å². The number of aromatic nitrogens is 1. The van der Waals surface area contributed by atoms with E-state index in [1.807, 2.05) is 0 Å². The van der Waals surface area contributed by atoms with Crippen LogP contribution in [0.2, 0.25) is 0 Å². The smallest absolute Gasteiger partial charge is 0.365 e. The largest absolute Gasteiger partial charge is 0.392 e. The number of H-pyrrole nitrogens is 1. The molecule has 0 spiro atoms. The first-order valence-corrected chi connectivity index (χ1v) is 4.29. The van der Waals surface area contributed by atoms with Crippen LogP contribution in [-0.4, -0.2) is 11.2 Å². The van der Waals surface area contributed by atoms with Gasteiger partial charge in [0.05, 0.1) is 5.92 Å². The number of hydrogen-bond acceptors (Lipinski definition) is 0. The van der Waals surface area contributed by atoms with Crippen molar-refractivity contribution in [1.29, 1.82) is 0 Å². The molecule has 72 valence electrons. The van der Waals surface area contributed by atoms with E-state index in [1.54, 1.807) is 12.3 Å². The van der Waals surface area contributed by atoms with Crippen molar-refractivity contribution in [1.82, 2.24) is 4.98 Å². The highest BCUT2D eigenvalue weighted by Crippen LogP contribution is 2.36. The van der Waals surface area contributed by atoms with Crippen LogP contribution in [0.25, 0.3) is 0 Å². The molecular formula is C9H10F3N. The molecule has 1 heterocycles. The molecule has 13 heavy (non-hydrogen) atoms. The number of aryl methyl sites for hydroxylation is 1. The van der Waals surface area contributed by atoms with Gasteiger partial charge in [-0.25, -0.2) is 0 Å². The van der Waals surface area contributed by atoms with E-state index in [9.17, 15) is 13.2 Å². The minimum Gasteiger partial charge on any atom is -0.365 e. The molecule has 0 saturated heterocycles. The van der Waals surface area contributed by atoms with Crippen molar-refractivity contribution in [3.05, 3.63) is 23.5 Å². The second-order valence-electron chi connectivity index (χ2n) is 3.46. The summed E-state index contributed by atoms with van der Waals surface area (Å²) in [6, 6.07) is 1.74. The average molecular weight is 189 g/mol. The molecule has 0 amide bonds. The Hall–Kier alpha value is -0.930. The molecule has 1 aliphatic rings. The summed E-state index contributed by atoms with van der Waals surface area (Å²) < 4.78 is 37.0. The molecule has 1 aromatic heterocycles. The van der Waals surface area contributed by atoms with E-state index in [0.29, 0.717) is 6.42 Å². The lowest BCUT2D eigenvalue weighted by Crippen LogP contribution is -2.28. The molecule has 0 aromatic carbocycles. The van der Waals surface area contributed by atoms with Gasteiger partial charge in [-0.2, -0.15) is 13.2 Å². The maximum atomic E-state index is 12.3. The molecule has 1 aliphatic carbocycles. The molecule has 1 N–H and O–H groups in total. The number of aromatic amines is 1. The number of nitrogens with one attached hydrogen (secondary N) is 1. The Morgan fingerprint density at radius 1 is 1.38 bits per heavy atom. The second-order valence-corrected chi connectivity index (χ2v) is 3.46. The molecule has 0 radical (unpaired) electrons. The predicted octanol–water partition coefficient (Wildman–Crippen LogP) is 2.68. The van der Waals surface area contributed by atoms with E-state index in [2.05, 4.69) is 4.98 Å². The Balaban J connectivity index is 2.18. The summed E-state index contributed by atoms with van der Waals surface area (Å²) in [4.78, 5) is 2.96. The zero-order valence-corrected chi connectivity index (χ0v) is 6.99. The zero-order chi connectivity index (χ0) is 9.47. The van der Waals surface area contributed by atoms with Crippen LogP contribution in [0.5, 0.6) is 0 Å². The zero-order valence-electron chi connectivity index (χ0n) is 6.99. The van der Waals surface area contributed by atoms with Crippen LogP contribution in [0, 0.1) is 5.92 Å². The molecule has 0 bridgehead atoms. The molecule has 0 fully saturated rings. The summed E-state index contributed by atoms with van der Waals surface area (Å²) in [7, 11) is 0. The average Bonchev–Trinajstić information content (AvgIpc) is 2.47. The Morgan fingerprint density at radius 2 is 2.15 bits per heavy atom. The summed E-state index contributed by atoms with van der Waals surface area (Å²) in [6.45, 7) is 0. The normalized spacial score (nSPS) is 22.8. The van der Waals surface area contributed by atoms with Gasteiger partial charge in [-0.3, -0.25) is 0 Å². The van der Waals surface area contributed by atoms with Gasteiger partial charge in [-0.05, 0) is 30.9 Å². The standard InChI is InChI=1S/C9H10F3N/c10-9(11,12)7-1-2-8-6(5-7)3-4-13-8/h3-4,7,13H,1-2,5H2. The van der Waals surface area contributed by atoms with Crippen LogP contribution in [0.15, 0.2) is 12.3 Å². The lowest BCUT2D eigenvalue weighted by molar-refractivity contribution is -0.177. The van der Waals surface area contributed by atoms with Gasteiger partial charge < -0.3 is 4.98 Å². The van der Waals surface area contributed by atoms with E-state index in [-0.39, 0.29) is 12.8 Å². The van der Waals surface area contributed by atoms with Gasteiger partial charge in [0.25, 0.3) is 0 Å². The van der Waals surface area contributed by atoms with E-state index >= 15 is 0 Å². The van der Waals surface area contributed by atoms with Gasteiger partial charge in [0.15, 0.2) is 0 Å². The molecule has 0 aliphatic heterocycles. The third-order valence-corrected chi connectivity index (χ3v) is 2.60. The molecule has 4 heteroatoms. The first kappa shape index (κ1) is 8.66. The van der Waals surface area contributed by atoms with Crippen LogP contribution in [0.1, 0.15) is 17.7 Å². The van der Waals surface area contributed by atoms with Crippen molar-refractivity contribution in [2.24, 2.45) is 5.92 Å². The summed E-state index contributed by atoms with van der Waals surface area (Å²) >= 11 is 0. The summed E-state index contributed by atoms with van der Waals surface area (Å²) in [6.07, 6.45) is -1.44. The van der Waals surface area contributed by atoms with Gasteiger partial charge in [0.2, 0.25) is 0 Å². The SMILES string of the molecule is FC(F)(F)C1CCc2[nH]ccc2C1. The Kier molecular flexibility index (Phi) is 1.86. The molecule has 1 nitrogen and oxygen atoms in total. The second kappa shape index (κ2) is 2.79. The van der Waals surface area contributed by atoms with Crippen LogP contribution in [0.3, 0.4) is 0 Å². The molecule has 1 aromatic rings. The summed E-state index contributed by atoms with van der Waals surface area (Å²) in [5, 5.41) is 0. The molecule has 0 saturated carbocycles. The molecule has 1 atom stereocenters. The topological polar surface area (TPSA) is 15.8 Å². The molecular weight excluding hydrogens is 179 g/mol. The highest BCUT2D eigenvalue weighted by atomic mass is 19.4. The summed E-state index contributed by atoms with van der Waals surface area (Å²) in [5.41, 5.74) is 1.80. The van der Waals surface area contributed by atoms with Gasteiger partial charge in [-0.1, -0.05) is 0 Å². The number of rotatable bonds is 0. The first-order chi connectivity index (χ1) is 6.07. The number of halogens is 3. The van der Waals surface area contributed by atoms with Gasteiger partial charge in [-0.15, -0.1) is 0 Å². The van der Waals surface area contributed by atoms with Crippen LogP contribution >= 0.6 is 0 Å². The van der Waals surface area contributed by atoms with E-state index in [1.165, 1.54) is 0 Å². The van der Waals surface area contributed by atoms with Crippen LogP contribution in [0.4, 0.5) is 13.2 Å². The number of fused-ring (bicyclic) bond motifs is 1. The van der Waals surface area contributed by atoms with E-state index < -0.39 is 12.1 Å². The van der Waals surface area contributed by atoms with E-state index in [0.717, 1.165) is 11.3 Å². The number of alkyl halides is 3. The lowest BCUT2D eigenvalue weighted by Gasteiger charge is -2.24. The minimum atomic E-state index is -4.03. The molecule has 2 rings (SSSR count). The van der Waals surface area contributed by atoms with Gasteiger partial charge >= 0.3 is 6.18 Å². The van der Waals surface area contributed by atoms with Crippen LogP contribution in [-0.2, 0) is 12.8 Å². The minimum absolute atomic E-state index is 0.141. The predicted molar refractivity (Wildman–Crippen MR) is 42.4 cm³/mol. The Morgan fingerprint density at radius 3 is 2.85 bits per heavy atom. The highest BCUT2D eigenvalue weighted by Gasteiger charge is 2.41. The van der Waals surface area contributed by atoms with Crippen molar-refractivity contribution in [2.75, 3.05) is 0 Å². The van der Waals surface area contributed by atoms with Crippen molar-refractivity contribution in [3.8, 4) is 0 Å². The lowest BCUT2D eigenvalue weighted by atomic mass is 9.87. The highest BCUT2D eigenvalue weighted by molar-refractivity contribution is 5.24. The van der Waals surface area contributed by atoms with Crippen molar-refractivity contribution in [3.63, 3.8) is 0 Å².